The number of benzene rings is 1. The molecule has 1 aliphatic carbocycles. The van der Waals surface area contributed by atoms with Gasteiger partial charge in [-0.2, -0.15) is 0 Å². The molecule has 1 atom stereocenters. The first-order valence-corrected chi connectivity index (χ1v) is 10.9. The second-order valence-electron chi connectivity index (χ2n) is 7.99. The number of nitrogens with zero attached hydrogens (tertiary/aromatic N) is 3. The molecule has 1 aliphatic heterocycles. The third-order valence-corrected chi connectivity index (χ3v) is 6.82. The lowest BCUT2D eigenvalue weighted by atomic mass is 9.77. The lowest BCUT2D eigenvalue weighted by molar-refractivity contribution is -0.130. The molecule has 142 valence electrons. The van der Waals surface area contributed by atoms with E-state index in [1.54, 1.807) is 11.8 Å². The van der Waals surface area contributed by atoms with Crippen LogP contribution in [0.3, 0.4) is 0 Å². The third-order valence-electron chi connectivity index (χ3n) is 5.74. The molecule has 1 amide bonds. The minimum Gasteiger partial charge on any atom is -0.341 e. The van der Waals surface area contributed by atoms with Crippen LogP contribution in [0, 0.1) is 0 Å². The van der Waals surface area contributed by atoms with Gasteiger partial charge in [-0.05, 0) is 36.5 Å². The van der Waals surface area contributed by atoms with Gasteiger partial charge in [0.05, 0.1) is 11.4 Å². The van der Waals surface area contributed by atoms with E-state index in [1.165, 1.54) is 11.3 Å². The summed E-state index contributed by atoms with van der Waals surface area (Å²) < 4.78 is 0. The molecule has 27 heavy (non-hydrogen) atoms. The van der Waals surface area contributed by atoms with Gasteiger partial charge in [0.2, 0.25) is 5.91 Å². The molecule has 1 saturated heterocycles. The van der Waals surface area contributed by atoms with E-state index in [0.29, 0.717) is 11.0 Å². The van der Waals surface area contributed by atoms with E-state index in [2.05, 4.69) is 35.9 Å². The highest BCUT2D eigenvalue weighted by Crippen LogP contribution is 2.44. The molecule has 2 aromatic rings. The number of rotatable bonds is 4. The van der Waals surface area contributed by atoms with Gasteiger partial charge in [-0.3, -0.25) is 4.79 Å². The summed E-state index contributed by atoms with van der Waals surface area (Å²) in [6.45, 7) is 5.98. The average Bonchev–Trinajstić information content (AvgIpc) is 3.04. The number of fused-ring (bicyclic) bond motifs is 2. The Bertz CT molecular complexity index is 820. The molecule has 1 spiro atoms. The number of hydrogen-bond acceptors (Lipinski definition) is 4. The highest BCUT2D eigenvalue weighted by Gasteiger charge is 2.44. The fourth-order valence-corrected chi connectivity index (χ4v) is 5.00. The second kappa shape index (κ2) is 7.63. The number of piperidine rings is 1. The van der Waals surface area contributed by atoms with Crippen molar-refractivity contribution < 1.29 is 4.79 Å². The van der Waals surface area contributed by atoms with Crippen molar-refractivity contribution >= 4 is 17.7 Å². The van der Waals surface area contributed by atoms with Crippen molar-refractivity contribution in [2.24, 2.45) is 0 Å². The van der Waals surface area contributed by atoms with E-state index < -0.39 is 0 Å². The number of likely N-dealkylation sites (tertiary alicyclic amines) is 1. The van der Waals surface area contributed by atoms with E-state index in [4.69, 9.17) is 4.98 Å². The second-order valence-corrected chi connectivity index (χ2v) is 9.56. The molecule has 4 rings (SSSR count). The Kier molecular flexibility index (Phi) is 5.22. The minimum atomic E-state index is 0.0121. The summed E-state index contributed by atoms with van der Waals surface area (Å²) >= 11 is 1.73. The molecule has 0 bridgehead atoms. The van der Waals surface area contributed by atoms with Crippen molar-refractivity contribution in [3.8, 4) is 11.4 Å². The summed E-state index contributed by atoms with van der Waals surface area (Å²) in [5, 5.41) is 0.487. The SMILES string of the molecule is CC(C)SCC(=O)N1CCCC2(CCc3cnc(-c4ccccc4)nc32)C1. The predicted octanol–water partition coefficient (Wildman–Crippen LogP) is 4.09. The lowest BCUT2D eigenvalue weighted by Crippen LogP contribution is -2.48. The van der Waals surface area contributed by atoms with Crippen molar-refractivity contribution in [2.75, 3.05) is 18.8 Å². The molecule has 1 aromatic carbocycles. The van der Waals surface area contributed by atoms with Crippen molar-refractivity contribution in [1.29, 1.82) is 0 Å². The molecular formula is C22H27N3OS. The monoisotopic (exact) mass is 381 g/mol. The Morgan fingerprint density at radius 2 is 2.07 bits per heavy atom. The van der Waals surface area contributed by atoms with Gasteiger partial charge in [-0.15, -0.1) is 11.8 Å². The number of amides is 1. The molecule has 0 saturated carbocycles. The van der Waals surface area contributed by atoms with Crippen LogP contribution in [0.2, 0.25) is 0 Å². The quantitative estimate of drug-likeness (QED) is 0.800. The van der Waals surface area contributed by atoms with Gasteiger partial charge in [0, 0.05) is 30.3 Å². The number of carbonyl (C=O) groups is 1. The first-order valence-electron chi connectivity index (χ1n) is 9.89. The van der Waals surface area contributed by atoms with Crippen LogP contribution in [0.15, 0.2) is 36.5 Å². The molecule has 2 aliphatic rings. The molecule has 1 fully saturated rings. The molecular weight excluding hydrogens is 354 g/mol. The molecule has 0 N–H and O–H groups in total. The van der Waals surface area contributed by atoms with Crippen LogP contribution >= 0.6 is 11.8 Å². The van der Waals surface area contributed by atoms with E-state index in [0.717, 1.165) is 50.2 Å². The average molecular weight is 382 g/mol. The highest BCUT2D eigenvalue weighted by atomic mass is 32.2. The van der Waals surface area contributed by atoms with Crippen molar-refractivity contribution in [1.82, 2.24) is 14.9 Å². The molecule has 1 aromatic heterocycles. The zero-order valence-electron chi connectivity index (χ0n) is 16.1. The Labute approximate surface area is 165 Å². The van der Waals surface area contributed by atoms with Gasteiger partial charge in [0.25, 0.3) is 0 Å². The molecule has 2 heterocycles. The largest absolute Gasteiger partial charge is 0.341 e. The van der Waals surface area contributed by atoms with E-state index in [9.17, 15) is 4.79 Å². The third kappa shape index (κ3) is 3.75. The Balaban J connectivity index is 1.59. The summed E-state index contributed by atoms with van der Waals surface area (Å²) in [7, 11) is 0. The smallest absolute Gasteiger partial charge is 0.232 e. The van der Waals surface area contributed by atoms with Crippen LogP contribution in [-0.4, -0.2) is 44.9 Å². The topological polar surface area (TPSA) is 46.1 Å². The van der Waals surface area contributed by atoms with Crippen LogP contribution in [0.5, 0.6) is 0 Å². The summed E-state index contributed by atoms with van der Waals surface area (Å²) in [4.78, 5) is 24.4. The maximum atomic E-state index is 12.7. The standard InChI is InChI=1S/C22H27N3OS/c1-16(2)27-14-19(26)25-12-6-10-22(15-25)11-9-18-13-23-21(24-20(18)22)17-7-4-3-5-8-17/h3-5,7-8,13,16H,6,9-12,14-15H2,1-2H3. The zero-order valence-corrected chi connectivity index (χ0v) is 17.0. The minimum absolute atomic E-state index is 0.0121. The number of hydrogen-bond donors (Lipinski definition) is 0. The number of aromatic nitrogens is 2. The van der Waals surface area contributed by atoms with Crippen LogP contribution in [0.1, 0.15) is 44.4 Å². The van der Waals surface area contributed by atoms with Crippen LogP contribution in [-0.2, 0) is 16.6 Å². The summed E-state index contributed by atoms with van der Waals surface area (Å²) in [6.07, 6.45) is 6.28. The predicted molar refractivity (Wildman–Crippen MR) is 111 cm³/mol. The van der Waals surface area contributed by atoms with E-state index in [-0.39, 0.29) is 11.3 Å². The number of thioether (sulfide) groups is 1. The van der Waals surface area contributed by atoms with Gasteiger partial charge >= 0.3 is 0 Å². The van der Waals surface area contributed by atoms with Crippen LogP contribution < -0.4 is 0 Å². The van der Waals surface area contributed by atoms with Gasteiger partial charge < -0.3 is 4.90 Å². The first kappa shape index (κ1) is 18.5. The van der Waals surface area contributed by atoms with Crippen molar-refractivity contribution in [2.45, 2.75) is 50.2 Å². The van der Waals surface area contributed by atoms with Crippen molar-refractivity contribution in [3.63, 3.8) is 0 Å². The normalized spacial score (nSPS) is 21.7. The summed E-state index contributed by atoms with van der Waals surface area (Å²) in [5.74, 6) is 1.66. The van der Waals surface area contributed by atoms with Gasteiger partial charge in [-0.25, -0.2) is 9.97 Å². The fraction of sp³-hybridized carbons (Fsp3) is 0.500. The lowest BCUT2D eigenvalue weighted by Gasteiger charge is -2.40. The van der Waals surface area contributed by atoms with Gasteiger partial charge in [0.1, 0.15) is 0 Å². The summed E-state index contributed by atoms with van der Waals surface area (Å²) in [5.41, 5.74) is 3.52. The van der Waals surface area contributed by atoms with Gasteiger partial charge in [-0.1, -0.05) is 44.2 Å². The van der Waals surface area contributed by atoms with Crippen LogP contribution in [0.25, 0.3) is 11.4 Å². The van der Waals surface area contributed by atoms with Crippen molar-refractivity contribution in [3.05, 3.63) is 47.8 Å². The summed E-state index contributed by atoms with van der Waals surface area (Å²) in [6, 6.07) is 10.2. The maximum Gasteiger partial charge on any atom is 0.232 e. The van der Waals surface area contributed by atoms with Crippen LogP contribution in [0.4, 0.5) is 0 Å². The van der Waals surface area contributed by atoms with E-state index >= 15 is 0 Å². The van der Waals surface area contributed by atoms with E-state index in [1.807, 2.05) is 24.4 Å². The zero-order chi connectivity index (χ0) is 18.9. The molecule has 1 unspecified atom stereocenters. The first-order chi connectivity index (χ1) is 13.1. The Hall–Kier alpha value is -1.88. The fourth-order valence-electron chi connectivity index (χ4n) is 4.34. The molecule has 4 nitrogen and oxygen atoms in total. The van der Waals surface area contributed by atoms with Gasteiger partial charge in [0.15, 0.2) is 5.82 Å². The number of aryl methyl sites for hydroxylation is 1. The highest BCUT2D eigenvalue weighted by molar-refractivity contribution is 8.00. The maximum absolute atomic E-state index is 12.7. The Morgan fingerprint density at radius 3 is 2.85 bits per heavy atom. The Morgan fingerprint density at radius 1 is 1.26 bits per heavy atom. The molecule has 0 radical (unpaired) electrons. The molecule has 5 heteroatoms. The number of carbonyl (C=O) groups excluding carboxylic acids is 1.